The Morgan fingerprint density at radius 3 is 2.14 bits per heavy atom. The summed E-state index contributed by atoms with van der Waals surface area (Å²) in [6.07, 6.45) is 2.14. The van der Waals surface area contributed by atoms with E-state index in [9.17, 15) is 14.4 Å². The van der Waals surface area contributed by atoms with Crippen molar-refractivity contribution in [2.75, 3.05) is 5.32 Å². The van der Waals surface area contributed by atoms with Gasteiger partial charge >= 0.3 is 12.0 Å². The van der Waals surface area contributed by atoms with E-state index in [4.69, 9.17) is 5.11 Å². The van der Waals surface area contributed by atoms with Crippen LogP contribution in [-0.2, 0) is 17.9 Å². The van der Waals surface area contributed by atoms with Gasteiger partial charge in [0.2, 0.25) is 5.91 Å². The lowest BCUT2D eigenvalue weighted by Gasteiger charge is -2.20. The number of urea groups is 1. The second kappa shape index (κ2) is 8.56. The molecule has 0 heterocycles. The van der Waals surface area contributed by atoms with E-state index in [1.165, 1.54) is 12.1 Å². The van der Waals surface area contributed by atoms with Gasteiger partial charge in [0.05, 0.1) is 5.56 Å². The summed E-state index contributed by atoms with van der Waals surface area (Å²) in [6, 6.07) is 13.8. The Kier molecular flexibility index (Phi) is 5.93. The number of carbonyl (C=O) groups excluding carboxylic acids is 2. The van der Waals surface area contributed by atoms with Gasteiger partial charge in [0, 0.05) is 31.7 Å². The largest absolute Gasteiger partial charge is 0.478 e. The van der Waals surface area contributed by atoms with Crippen LogP contribution in [0.15, 0.2) is 48.5 Å². The van der Waals surface area contributed by atoms with Gasteiger partial charge < -0.3 is 20.6 Å². The summed E-state index contributed by atoms with van der Waals surface area (Å²) >= 11 is 0. The molecule has 0 atom stereocenters. The first-order chi connectivity index (χ1) is 13.4. The average Bonchev–Trinajstić information content (AvgIpc) is 3.51. The second-order valence-corrected chi connectivity index (χ2v) is 6.88. The van der Waals surface area contributed by atoms with Crippen molar-refractivity contribution in [1.82, 2.24) is 10.2 Å². The Morgan fingerprint density at radius 2 is 1.61 bits per heavy atom. The Balaban J connectivity index is 1.48. The summed E-state index contributed by atoms with van der Waals surface area (Å²) in [5.74, 6) is -0.898. The Morgan fingerprint density at radius 1 is 1.00 bits per heavy atom. The standard InChI is InChI=1S/C21H23N3O4/c1-14(25)24(19-10-11-19)13-16-4-8-18(9-5-16)23-21(28)22-12-15-2-6-17(7-3-15)20(26)27/h2-9,19H,10-13H2,1H3,(H,26,27)(H2,22,23,28). The Labute approximate surface area is 163 Å². The van der Waals surface area contributed by atoms with Crippen LogP contribution in [0.2, 0.25) is 0 Å². The third-order valence-corrected chi connectivity index (χ3v) is 4.61. The summed E-state index contributed by atoms with van der Waals surface area (Å²) in [5.41, 5.74) is 2.69. The predicted molar refractivity (Wildman–Crippen MR) is 105 cm³/mol. The first-order valence-electron chi connectivity index (χ1n) is 9.15. The highest BCUT2D eigenvalue weighted by Crippen LogP contribution is 2.28. The molecule has 3 amide bonds. The molecule has 2 aromatic rings. The van der Waals surface area contributed by atoms with Crippen LogP contribution >= 0.6 is 0 Å². The maximum Gasteiger partial charge on any atom is 0.335 e. The minimum absolute atomic E-state index is 0.0838. The fourth-order valence-electron chi connectivity index (χ4n) is 2.90. The predicted octanol–water partition coefficient (Wildman–Crippen LogP) is 3.22. The van der Waals surface area contributed by atoms with E-state index in [1.54, 1.807) is 19.1 Å². The summed E-state index contributed by atoms with van der Waals surface area (Å²) in [6.45, 7) is 2.46. The molecule has 3 N–H and O–H groups in total. The molecule has 0 aliphatic heterocycles. The molecule has 28 heavy (non-hydrogen) atoms. The third-order valence-electron chi connectivity index (χ3n) is 4.61. The first kappa shape index (κ1) is 19.4. The van der Waals surface area contributed by atoms with Crippen molar-refractivity contribution in [3.63, 3.8) is 0 Å². The van der Waals surface area contributed by atoms with Crippen LogP contribution in [-0.4, -0.2) is 34.0 Å². The molecule has 0 bridgehead atoms. The summed E-state index contributed by atoms with van der Waals surface area (Å²) in [7, 11) is 0. The normalized spacial score (nSPS) is 12.9. The van der Waals surface area contributed by atoms with Gasteiger partial charge in [-0.1, -0.05) is 24.3 Å². The van der Waals surface area contributed by atoms with Crippen molar-refractivity contribution in [2.45, 2.75) is 38.9 Å². The quantitative estimate of drug-likeness (QED) is 0.686. The Bertz CT molecular complexity index is 858. The van der Waals surface area contributed by atoms with Gasteiger partial charge in [0.1, 0.15) is 0 Å². The van der Waals surface area contributed by atoms with Gasteiger partial charge in [-0.3, -0.25) is 4.79 Å². The molecular formula is C21H23N3O4. The van der Waals surface area contributed by atoms with Gasteiger partial charge in [-0.15, -0.1) is 0 Å². The van der Waals surface area contributed by atoms with E-state index in [2.05, 4.69) is 10.6 Å². The van der Waals surface area contributed by atoms with Crippen molar-refractivity contribution >= 4 is 23.6 Å². The monoisotopic (exact) mass is 381 g/mol. The van der Waals surface area contributed by atoms with Crippen molar-refractivity contribution < 1.29 is 19.5 Å². The molecule has 0 spiro atoms. The number of carbonyl (C=O) groups is 3. The number of nitrogens with zero attached hydrogens (tertiary/aromatic N) is 1. The smallest absolute Gasteiger partial charge is 0.335 e. The lowest BCUT2D eigenvalue weighted by Crippen LogP contribution is -2.30. The maximum absolute atomic E-state index is 12.0. The third kappa shape index (κ3) is 5.33. The molecule has 1 aliphatic rings. The van der Waals surface area contributed by atoms with Gasteiger partial charge in [-0.2, -0.15) is 0 Å². The summed E-state index contributed by atoms with van der Waals surface area (Å²) in [5, 5.41) is 14.4. The molecule has 1 saturated carbocycles. The van der Waals surface area contributed by atoms with Crippen molar-refractivity contribution in [3.8, 4) is 0 Å². The highest BCUT2D eigenvalue weighted by Gasteiger charge is 2.30. The highest BCUT2D eigenvalue weighted by atomic mass is 16.4. The zero-order valence-corrected chi connectivity index (χ0v) is 15.6. The van der Waals surface area contributed by atoms with E-state index in [-0.39, 0.29) is 17.5 Å². The molecule has 0 aromatic heterocycles. The van der Waals surface area contributed by atoms with E-state index < -0.39 is 5.97 Å². The number of benzene rings is 2. The molecule has 2 aromatic carbocycles. The fraction of sp³-hybridized carbons (Fsp3) is 0.286. The number of nitrogens with one attached hydrogen (secondary N) is 2. The number of carboxylic acids is 1. The zero-order chi connectivity index (χ0) is 20.1. The molecule has 3 rings (SSSR count). The number of anilines is 1. The van der Waals surface area contributed by atoms with Crippen LogP contribution in [0.1, 0.15) is 41.3 Å². The Hall–Kier alpha value is -3.35. The molecule has 0 saturated heterocycles. The topological polar surface area (TPSA) is 98.7 Å². The summed E-state index contributed by atoms with van der Waals surface area (Å²) in [4.78, 5) is 36.5. The highest BCUT2D eigenvalue weighted by molar-refractivity contribution is 5.89. The number of hydrogen-bond donors (Lipinski definition) is 3. The van der Waals surface area contributed by atoms with Crippen LogP contribution in [0.5, 0.6) is 0 Å². The van der Waals surface area contributed by atoms with Crippen LogP contribution in [0.25, 0.3) is 0 Å². The first-order valence-corrected chi connectivity index (χ1v) is 9.15. The fourth-order valence-corrected chi connectivity index (χ4v) is 2.90. The molecular weight excluding hydrogens is 358 g/mol. The minimum atomic E-state index is -0.982. The van der Waals surface area contributed by atoms with Crippen LogP contribution in [0, 0.1) is 0 Å². The van der Waals surface area contributed by atoms with Gasteiger partial charge in [-0.05, 0) is 48.2 Å². The number of amides is 3. The van der Waals surface area contributed by atoms with Crippen molar-refractivity contribution in [2.24, 2.45) is 0 Å². The zero-order valence-electron chi connectivity index (χ0n) is 15.6. The molecule has 1 aliphatic carbocycles. The minimum Gasteiger partial charge on any atom is -0.478 e. The van der Waals surface area contributed by atoms with Gasteiger partial charge in [-0.25, -0.2) is 9.59 Å². The van der Waals surface area contributed by atoms with Crippen molar-refractivity contribution in [3.05, 3.63) is 65.2 Å². The van der Waals surface area contributed by atoms with Gasteiger partial charge in [0.25, 0.3) is 0 Å². The molecule has 146 valence electrons. The maximum atomic E-state index is 12.0. The van der Waals surface area contributed by atoms with E-state index in [1.807, 2.05) is 29.2 Å². The van der Waals surface area contributed by atoms with E-state index in [0.717, 1.165) is 24.0 Å². The SMILES string of the molecule is CC(=O)N(Cc1ccc(NC(=O)NCc2ccc(C(=O)O)cc2)cc1)C1CC1. The molecule has 7 heteroatoms. The lowest BCUT2D eigenvalue weighted by atomic mass is 10.1. The molecule has 1 fully saturated rings. The van der Waals surface area contributed by atoms with Gasteiger partial charge in [0.15, 0.2) is 0 Å². The van der Waals surface area contributed by atoms with E-state index in [0.29, 0.717) is 24.8 Å². The molecule has 0 radical (unpaired) electrons. The van der Waals surface area contributed by atoms with Crippen LogP contribution in [0.4, 0.5) is 10.5 Å². The molecule has 0 unspecified atom stereocenters. The number of carboxylic acid groups (broad SMARTS) is 1. The second-order valence-electron chi connectivity index (χ2n) is 6.88. The number of hydrogen-bond acceptors (Lipinski definition) is 3. The average molecular weight is 381 g/mol. The lowest BCUT2D eigenvalue weighted by molar-refractivity contribution is -0.130. The number of aromatic carboxylic acids is 1. The number of rotatable bonds is 7. The molecule has 7 nitrogen and oxygen atoms in total. The summed E-state index contributed by atoms with van der Waals surface area (Å²) < 4.78 is 0. The van der Waals surface area contributed by atoms with Crippen LogP contribution < -0.4 is 10.6 Å². The van der Waals surface area contributed by atoms with Crippen molar-refractivity contribution in [1.29, 1.82) is 0 Å². The van der Waals surface area contributed by atoms with E-state index >= 15 is 0 Å². The van der Waals surface area contributed by atoms with Crippen LogP contribution in [0.3, 0.4) is 0 Å².